The lowest BCUT2D eigenvalue weighted by Crippen LogP contribution is -2.60. The number of cyclic esters (lactones) is 1. The van der Waals surface area contributed by atoms with Crippen molar-refractivity contribution >= 4 is 29.1 Å². The van der Waals surface area contributed by atoms with Gasteiger partial charge in [0.2, 0.25) is 6.10 Å². The second kappa shape index (κ2) is 18.6. The summed E-state index contributed by atoms with van der Waals surface area (Å²) in [6.07, 6.45) is -6.38. The molecule has 2 N–H and O–H groups in total. The smallest absolute Gasteiger partial charge is 0.316 e. The van der Waals surface area contributed by atoms with E-state index < -0.39 is 89.3 Å². The molecule has 1 unspecified atom stereocenters. The molecule has 0 saturated carbocycles. The molecule has 1 aromatic carbocycles. The molecule has 330 valence electrons. The van der Waals surface area contributed by atoms with Crippen molar-refractivity contribution in [2.24, 2.45) is 33.8 Å². The minimum atomic E-state index is -1.85. The van der Waals surface area contributed by atoms with Crippen molar-refractivity contribution in [3.8, 4) is 11.3 Å². The fourth-order valence-electron chi connectivity index (χ4n) is 9.27. The van der Waals surface area contributed by atoms with Gasteiger partial charge in [-0.15, -0.1) is 0 Å². The Morgan fingerprint density at radius 1 is 1.00 bits per heavy atom. The number of aliphatic imine (C=N–C) groups is 1. The van der Waals surface area contributed by atoms with Crippen molar-refractivity contribution in [3.63, 3.8) is 0 Å². The van der Waals surface area contributed by atoms with Gasteiger partial charge in [-0.1, -0.05) is 68.3 Å². The van der Waals surface area contributed by atoms with E-state index in [0.717, 1.165) is 5.56 Å². The molecule has 4 bridgehead atoms. The maximum absolute atomic E-state index is 14.5. The topological polar surface area (TPSA) is 201 Å². The number of likely N-dealkylation sites (N-methyl/N-ethyl adjacent to an activating group) is 1. The molecule has 1 amide bonds. The number of Topliss-reactive ketones (excluding diaryl/α,β-unsaturated/α-hetero) is 1. The Morgan fingerprint density at radius 3 is 2.40 bits per heavy atom. The number of nitrogens with zero attached hydrogens (tertiary/aromatic N) is 4. The monoisotopic (exact) mass is 838 g/mol. The summed E-state index contributed by atoms with van der Waals surface area (Å²) in [6.45, 7) is 13.3. The number of esters is 1. The van der Waals surface area contributed by atoms with Crippen LogP contribution in [-0.4, -0.2) is 137 Å². The number of carbonyl (C=O) groups is 3. The van der Waals surface area contributed by atoms with Gasteiger partial charge in [0.1, 0.15) is 40.9 Å². The number of ketones is 1. The summed E-state index contributed by atoms with van der Waals surface area (Å²) in [4.78, 5) is 55.5. The van der Waals surface area contributed by atoms with E-state index in [-0.39, 0.29) is 50.3 Å². The number of aliphatic hydroxyl groups excluding tert-OH is 1. The third-order valence-electron chi connectivity index (χ3n) is 12.7. The summed E-state index contributed by atoms with van der Waals surface area (Å²) < 4.78 is 38.1. The zero-order valence-electron chi connectivity index (χ0n) is 36.4. The number of rotatable bonds is 7. The van der Waals surface area contributed by atoms with Crippen molar-refractivity contribution in [3.05, 3.63) is 42.2 Å². The van der Waals surface area contributed by atoms with Gasteiger partial charge in [-0.05, 0) is 67.0 Å². The Morgan fingerprint density at radius 2 is 1.72 bits per heavy atom. The highest BCUT2D eigenvalue weighted by molar-refractivity contribution is 6.01. The van der Waals surface area contributed by atoms with Crippen LogP contribution in [0.25, 0.3) is 11.3 Å². The molecule has 2 aromatic rings. The van der Waals surface area contributed by atoms with Crippen molar-refractivity contribution in [1.29, 1.82) is 0 Å². The molecule has 14 atom stereocenters. The van der Waals surface area contributed by atoms with Gasteiger partial charge in [0.05, 0.1) is 43.5 Å². The van der Waals surface area contributed by atoms with Crippen molar-refractivity contribution in [2.75, 3.05) is 27.3 Å². The summed E-state index contributed by atoms with van der Waals surface area (Å²) >= 11 is 0. The number of aromatic nitrogens is 1. The number of carbonyl (C=O) groups excluding carboxylic acids is 3. The Kier molecular flexibility index (Phi) is 14.1. The number of hydrogen-bond acceptors (Lipinski definition) is 15. The molecule has 4 aliphatic heterocycles. The predicted molar refractivity (Wildman–Crippen MR) is 219 cm³/mol. The van der Waals surface area contributed by atoms with Crippen molar-refractivity contribution in [2.45, 2.75) is 141 Å². The predicted octanol–water partition coefficient (Wildman–Crippen LogP) is 4.18. The number of fused-ring (bicyclic) bond motifs is 4. The number of oxime groups is 1. The first-order chi connectivity index (χ1) is 28.3. The molecule has 0 spiro atoms. The third kappa shape index (κ3) is 9.59. The molecule has 16 nitrogen and oxygen atoms in total. The van der Waals surface area contributed by atoms with E-state index in [4.69, 9.17) is 38.0 Å². The highest BCUT2D eigenvalue weighted by atomic mass is 16.7. The van der Waals surface area contributed by atoms with E-state index in [1.54, 1.807) is 26.8 Å². The highest BCUT2D eigenvalue weighted by Gasteiger charge is 2.53. The standard InChI is InChI=1S/C44H62N4O12/c1-11-34-44(8,53)39-25(4)35-23(2)20-43(7,38(26(5)36(49)27(6)41(52)57-34)58-42-37(50)32(48(9)10)17-24(3)56-42)55-22-29(21-54-39)46-60-33(40(51)45-35)19-30-18-31(47-59-30)28-15-13-12-14-16-28/h12-16,18,23-27,32-34,37-39,42,50,53H,11,17,19-22H2,1-10H3/b45-35?,46-29-/t23-,24-,25+,26+,27-,32+,33?,34-,37-,38-,39-,42+,43-,44-/m1/s1. The Bertz CT molecular complexity index is 1900. The van der Waals surface area contributed by atoms with Gasteiger partial charge in [0.25, 0.3) is 5.91 Å². The highest BCUT2D eigenvalue weighted by Crippen LogP contribution is 2.40. The van der Waals surface area contributed by atoms with Crippen LogP contribution in [0.2, 0.25) is 0 Å². The SMILES string of the molecule is CC[C@H]1OC(=O)[C@H](C)C(=O)[C@H](C)[C@@H](O[C@@H]2O[C@H](C)C[C@H](N(C)C)[C@H]2O)[C@@]2(C)C[C@@H](C)C3=NC(=O)C(Cc4cc(-c5ccccc5)no4)O/N=C(/CO[C@H]([C@H]3C)[C@]1(C)O)CO2. The lowest BCUT2D eigenvalue weighted by atomic mass is 9.73. The maximum Gasteiger partial charge on any atom is 0.316 e. The summed E-state index contributed by atoms with van der Waals surface area (Å²) in [5.41, 5.74) is -1.25. The van der Waals surface area contributed by atoms with Crippen LogP contribution in [-0.2, 0) is 49.3 Å². The van der Waals surface area contributed by atoms with Crippen LogP contribution in [0.5, 0.6) is 0 Å². The quantitative estimate of drug-likeness (QED) is 0.297. The zero-order valence-corrected chi connectivity index (χ0v) is 36.4. The van der Waals surface area contributed by atoms with Gasteiger partial charge >= 0.3 is 5.97 Å². The average Bonchev–Trinajstić information content (AvgIpc) is 3.67. The summed E-state index contributed by atoms with van der Waals surface area (Å²) in [5.74, 6) is -5.22. The normalized spacial score (nSPS) is 39.5. The molecular formula is C44H62N4O12. The van der Waals surface area contributed by atoms with Crippen LogP contribution in [0, 0.1) is 23.7 Å². The minimum absolute atomic E-state index is 0.0484. The van der Waals surface area contributed by atoms with E-state index >= 15 is 0 Å². The number of hydrogen-bond donors (Lipinski definition) is 2. The van der Waals surface area contributed by atoms with Crippen LogP contribution in [0.3, 0.4) is 0 Å². The van der Waals surface area contributed by atoms with Gasteiger partial charge in [0, 0.05) is 35.2 Å². The second-order valence-electron chi connectivity index (χ2n) is 17.7. The Labute approximate surface area is 351 Å². The van der Waals surface area contributed by atoms with Crippen LogP contribution >= 0.6 is 0 Å². The van der Waals surface area contributed by atoms with Gasteiger partial charge < -0.3 is 48.2 Å². The average molecular weight is 839 g/mol. The van der Waals surface area contributed by atoms with Crippen LogP contribution < -0.4 is 0 Å². The Hall–Kier alpha value is -3.90. The lowest BCUT2D eigenvalue weighted by molar-refractivity contribution is -0.296. The molecule has 4 aliphatic rings. The first-order valence-electron chi connectivity index (χ1n) is 21.1. The van der Waals surface area contributed by atoms with E-state index in [1.165, 1.54) is 13.8 Å². The summed E-state index contributed by atoms with van der Waals surface area (Å²) in [7, 11) is 3.73. The molecular weight excluding hydrogens is 776 g/mol. The minimum Gasteiger partial charge on any atom is -0.459 e. The Balaban J connectivity index is 1.48. The second-order valence-corrected chi connectivity index (χ2v) is 17.7. The van der Waals surface area contributed by atoms with E-state index in [2.05, 4.69) is 10.3 Å². The fraction of sp³-hybridized carbons (Fsp3) is 0.682. The van der Waals surface area contributed by atoms with E-state index in [0.29, 0.717) is 23.6 Å². The van der Waals surface area contributed by atoms with Gasteiger partial charge in [-0.25, -0.2) is 4.99 Å². The molecule has 16 heteroatoms. The number of amides is 1. The lowest BCUT2D eigenvalue weighted by Gasteiger charge is -2.47. The number of ether oxygens (including phenoxy) is 5. The molecule has 3 fully saturated rings. The summed E-state index contributed by atoms with van der Waals surface area (Å²) in [6, 6.07) is 10.9. The third-order valence-corrected chi connectivity index (χ3v) is 12.7. The van der Waals surface area contributed by atoms with E-state index in [1.807, 2.05) is 70.1 Å². The van der Waals surface area contributed by atoms with E-state index in [9.17, 15) is 24.6 Å². The number of benzene rings is 1. The van der Waals surface area contributed by atoms with Gasteiger partial charge in [-0.2, -0.15) is 0 Å². The van der Waals surface area contributed by atoms with Gasteiger partial charge in [-0.3, -0.25) is 14.4 Å². The molecule has 6 rings (SSSR count). The first-order valence-corrected chi connectivity index (χ1v) is 21.1. The van der Waals surface area contributed by atoms with Crippen LogP contribution in [0.15, 0.2) is 51.1 Å². The summed E-state index contributed by atoms with van der Waals surface area (Å²) in [5, 5.41) is 32.7. The fourth-order valence-corrected chi connectivity index (χ4v) is 9.27. The molecule has 0 aliphatic carbocycles. The number of aliphatic hydroxyl groups is 2. The van der Waals surface area contributed by atoms with Crippen molar-refractivity contribution in [1.82, 2.24) is 10.1 Å². The molecule has 60 heavy (non-hydrogen) atoms. The first kappa shape index (κ1) is 45.6. The van der Waals surface area contributed by atoms with Crippen LogP contribution in [0.1, 0.15) is 80.4 Å². The molecule has 5 heterocycles. The largest absolute Gasteiger partial charge is 0.459 e. The van der Waals surface area contributed by atoms with Crippen molar-refractivity contribution < 1.29 is 57.6 Å². The molecule has 1 aromatic heterocycles. The molecule has 3 saturated heterocycles. The maximum atomic E-state index is 14.5. The van der Waals surface area contributed by atoms with Gasteiger partial charge in [0.15, 0.2) is 12.1 Å². The van der Waals surface area contributed by atoms with Crippen LogP contribution in [0.4, 0.5) is 0 Å². The zero-order chi connectivity index (χ0) is 43.7. The molecule has 0 radical (unpaired) electrons.